The molecular formula is C20H21N3O3. The van der Waals surface area contributed by atoms with Crippen LogP contribution >= 0.6 is 0 Å². The monoisotopic (exact) mass is 351 g/mol. The number of allylic oxidation sites excluding steroid dienone is 2. The number of nitrogens with zero attached hydrogens (tertiary/aromatic N) is 3. The Labute approximate surface area is 152 Å². The fraction of sp³-hybridized carbons (Fsp3) is 0.350. The van der Waals surface area contributed by atoms with Crippen molar-refractivity contribution in [3.63, 3.8) is 0 Å². The van der Waals surface area contributed by atoms with Crippen LogP contribution in [-0.4, -0.2) is 49.7 Å². The van der Waals surface area contributed by atoms with Crippen LogP contribution in [-0.2, 0) is 16.0 Å². The summed E-state index contributed by atoms with van der Waals surface area (Å²) in [7, 11) is 3.30. The Morgan fingerprint density at radius 1 is 1.15 bits per heavy atom. The molecule has 0 saturated heterocycles. The van der Waals surface area contributed by atoms with Crippen molar-refractivity contribution in [2.75, 3.05) is 27.3 Å². The molecule has 1 aromatic carbocycles. The summed E-state index contributed by atoms with van der Waals surface area (Å²) in [5.74, 6) is 1.56. The molecule has 0 aliphatic carbocycles. The number of carbonyl (C=O) groups excluding carboxylic acids is 1. The van der Waals surface area contributed by atoms with Gasteiger partial charge in [-0.25, -0.2) is 4.99 Å². The highest BCUT2D eigenvalue weighted by Crippen LogP contribution is 2.35. The predicted molar refractivity (Wildman–Crippen MR) is 100 cm³/mol. The molecule has 0 atom stereocenters. The minimum atomic E-state index is 0.00655. The van der Waals surface area contributed by atoms with E-state index in [1.807, 2.05) is 35.3 Å². The second-order valence-corrected chi connectivity index (χ2v) is 6.35. The second-order valence-electron chi connectivity index (χ2n) is 6.35. The number of hydrogen-bond donors (Lipinski definition) is 0. The van der Waals surface area contributed by atoms with Crippen LogP contribution in [0, 0.1) is 0 Å². The molecule has 26 heavy (non-hydrogen) atoms. The first-order valence-electron chi connectivity index (χ1n) is 8.76. The van der Waals surface area contributed by atoms with Crippen LogP contribution in [0.15, 0.2) is 46.0 Å². The minimum Gasteiger partial charge on any atom is -0.496 e. The highest BCUT2D eigenvalue weighted by Gasteiger charge is 2.30. The van der Waals surface area contributed by atoms with Crippen LogP contribution in [0.2, 0.25) is 0 Å². The van der Waals surface area contributed by atoms with Crippen molar-refractivity contribution in [1.82, 2.24) is 4.90 Å². The van der Waals surface area contributed by atoms with E-state index in [9.17, 15) is 4.79 Å². The third kappa shape index (κ3) is 2.81. The number of carbonyl (C=O) groups is 1. The number of hydrogen-bond acceptors (Lipinski definition) is 5. The molecule has 0 unspecified atom stereocenters. The first kappa shape index (κ1) is 16.6. The van der Waals surface area contributed by atoms with Gasteiger partial charge in [0.05, 0.1) is 31.3 Å². The summed E-state index contributed by atoms with van der Waals surface area (Å²) in [4.78, 5) is 23.5. The van der Waals surface area contributed by atoms with E-state index in [0.717, 1.165) is 53.2 Å². The number of ether oxygens (including phenoxy) is 2. The largest absolute Gasteiger partial charge is 0.496 e. The van der Waals surface area contributed by atoms with Gasteiger partial charge in [-0.2, -0.15) is 0 Å². The molecule has 1 aromatic rings. The average molecular weight is 351 g/mol. The number of methoxy groups -OCH3 is 2. The quantitative estimate of drug-likeness (QED) is 0.823. The predicted octanol–water partition coefficient (Wildman–Crippen LogP) is 2.60. The number of amides is 1. The van der Waals surface area contributed by atoms with Gasteiger partial charge in [0.15, 0.2) is 5.90 Å². The molecule has 4 rings (SSSR count). The molecule has 3 heterocycles. The molecular weight excluding hydrogens is 330 g/mol. The van der Waals surface area contributed by atoms with Gasteiger partial charge in [0, 0.05) is 24.1 Å². The number of benzene rings is 1. The van der Waals surface area contributed by atoms with E-state index in [-0.39, 0.29) is 12.5 Å². The van der Waals surface area contributed by atoms with E-state index in [2.05, 4.69) is 9.98 Å². The molecule has 6 nitrogen and oxygen atoms in total. The SMILES string of the molecule is COC1=NC(C2=NCC(=O)N3CCc4c(OC)cccc4C3=C2)=CCC1. The van der Waals surface area contributed by atoms with E-state index in [4.69, 9.17) is 9.47 Å². The van der Waals surface area contributed by atoms with Crippen molar-refractivity contribution >= 4 is 23.2 Å². The lowest BCUT2D eigenvalue weighted by atomic mass is 9.94. The van der Waals surface area contributed by atoms with Gasteiger partial charge in [0.2, 0.25) is 5.91 Å². The van der Waals surface area contributed by atoms with Gasteiger partial charge in [-0.3, -0.25) is 9.79 Å². The Kier molecular flexibility index (Phi) is 4.32. The zero-order valence-corrected chi connectivity index (χ0v) is 15.0. The Morgan fingerprint density at radius 3 is 2.85 bits per heavy atom. The van der Waals surface area contributed by atoms with E-state index in [0.29, 0.717) is 12.4 Å². The standard InChI is InChI=1S/C20H21N3O3/c1-25-18-7-3-5-13-14(18)9-10-23-17(13)11-16(21-12-20(23)24)15-6-4-8-19(22-15)26-2/h3,5-7,11H,4,8-10,12H2,1-2H3. The maximum atomic E-state index is 12.6. The Morgan fingerprint density at radius 2 is 2.04 bits per heavy atom. The van der Waals surface area contributed by atoms with Gasteiger partial charge in [0.1, 0.15) is 12.3 Å². The topological polar surface area (TPSA) is 63.5 Å². The average Bonchev–Trinajstić information content (AvgIpc) is 2.86. The first-order chi connectivity index (χ1) is 12.7. The van der Waals surface area contributed by atoms with Crippen LogP contribution in [0.4, 0.5) is 0 Å². The minimum absolute atomic E-state index is 0.00655. The zero-order valence-electron chi connectivity index (χ0n) is 15.0. The molecule has 0 fully saturated rings. The molecule has 3 aliphatic rings. The molecule has 134 valence electrons. The van der Waals surface area contributed by atoms with Crippen molar-refractivity contribution in [3.05, 3.63) is 47.2 Å². The summed E-state index contributed by atoms with van der Waals surface area (Å²) in [6.07, 6.45) is 6.43. The lowest BCUT2D eigenvalue weighted by Gasteiger charge is -2.31. The van der Waals surface area contributed by atoms with Crippen molar-refractivity contribution in [2.24, 2.45) is 9.98 Å². The molecule has 0 radical (unpaired) electrons. The summed E-state index contributed by atoms with van der Waals surface area (Å²) in [6.45, 7) is 0.760. The van der Waals surface area contributed by atoms with Crippen molar-refractivity contribution in [1.29, 1.82) is 0 Å². The Balaban J connectivity index is 1.81. The lowest BCUT2D eigenvalue weighted by molar-refractivity contribution is -0.126. The first-order valence-corrected chi connectivity index (χ1v) is 8.76. The molecule has 0 N–H and O–H groups in total. The van der Waals surface area contributed by atoms with Crippen molar-refractivity contribution in [2.45, 2.75) is 19.3 Å². The third-order valence-electron chi connectivity index (χ3n) is 4.90. The molecule has 0 aromatic heterocycles. The van der Waals surface area contributed by atoms with Crippen LogP contribution < -0.4 is 4.74 Å². The molecule has 0 bridgehead atoms. The molecule has 6 heteroatoms. The van der Waals surface area contributed by atoms with Crippen molar-refractivity contribution in [3.8, 4) is 5.75 Å². The normalized spacial score (nSPS) is 19.3. The fourth-order valence-corrected chi connectivity index (χ4v) is 3.60. The second kappa shape index (κ2) is 6.78. The number of rotatable bonds is 2. The number of aliphatic imine (C=N–C) groups is 2. The van der Waals surface area contributed by atoms with Gasteiger partial charge in [-0.05, 0) is 25.0 Å². The van der Waals surface area contributed by atoms with Gasteiger partial charge < -0.3 is 14.4 Å². The molecule has 3 aliphatic heterocycles. The maximum Gasteiger partial charge on any atom is 0.248 e. The smallest absolute Gasteiger partial charge is 0.248 e. The Bertz CT molecular complexity index is 880. The fourth-order valence-electron chi connectivity index (χ4n) is 3.60. The van der Waals surface area contributed by atoms with Gasteiger partial charge >= 0.3 is 0 Å². The van der Waals surface area contributed by atoms with E-state index in [1.54, 1.807) is 14.2 Å². The molecule has 0 saturated carbocycles. The van der Waals surface area contributed by atoms with Crippen LogP contribution in [0.5, 0.6) is 5.75 Å². The van der Waals surface area contributed by atoms with Crippen molar-refractivity contribution < 1.29 is 14.3 Å². The van der Waals surface area contributed by atoms with Gasteiger partial charge in [0.25, 0.3) is 0 Å². The summed E-state index contributed by atoms with van der Waals surface area (Å²) in [5.41, 5.74) is 4.51. The Hall–Kier alpha value is -2.89. The van der Waals surface area contributed by atoms with E-state index < -0.39 is 0 Å². The third-order valence-corrected chi connectivity index (χ3v) is 4.90. The number of fused-ring (bicyclic) bond motifs is 3. The van der Waals surface area contributed by atoms with Gasteiger partial charge in [-0.1, -0.05) is 18.2 Å². The molecule has 1 amide bonds. The van der Waals surface area contributed by atoms with Crippen LogP contribution in [0.1, 0.15) is 24.0 Å². The highest BCUT2D eigenvalue weighted by molar-refractivity contribution is 6.15. The zero-order chi connectivity index (χ0) is 18.1. The summed E-state index contributed by atoms with van der Waals surface area (Å²) in [6, 6.07) is 5.95. The summed E-state index contributed by atoms with van der Waals surface area (Å²) in [5, 5.41) is 0. The van der Waals surface area contributed by atoms with Crippen LogP contribution in [0.3, 0.4) is 0 Å². The lowest BCUT2D eigenvalue weighted by Crippen LogP contribution is -2.35. The van der Waals surface area contributed by atoms with E-state index in [1.165, 1.54) is 0 Å². The molecule has 0 spiro atoms. The van der Waals surface area contributed by atoms with Crippen LogP contribution in [0.25, 0.3) is 5.70 Å². The van der Waals surface area contributed by atoms with E-state index >= 15 is 0 Å². The highest BCUT2D eigenvalue weighted by atomic mass is 16.5. The summed E-state index contributed by atoms with van der Waals surface area (Å²) >= 11 is 0. The summed E-state index contributed by atoms with van der Waals surface area (Å²) < 4.78 is 10.8. The van der Waals surface area contributed by atoms with Gasteiger partial charge in [-0.15, -0.1) is 0 Å². The maximum absolute atomic E-state index is 12.6.